The molecule has 0 amide bonds. The van der Waals surface area contributed by atoms with Gasteiger partial charge in [-0.3, -0.25) is 10.3 Å². The lowest BCUT2D eigenvalue weighted by Crippen LogP contribution is -2.37. The molecule has 0 aliphatic rings. The average molecular weight is 423 g/mol. The summed E-state index contributed by atoms with van der Waals surface area (Å²) in [5.74, 6) is -0.343. The van der Waals surface area contributed by atoms with Gasteiger partial charge in [-0.1, -0.05) is 13.8 Å². The number of hydrogen-bond donors (Lipinski definition) is 1. The first-order valence-corrected chi connectivity index (χ1v) is 8.46. The second-order valence-electron chi connectivity index (χ2n) is 4.46. The fourth-order valence-electron chi connectivity index (χ4n) is 1.95. The first-order chi connectivity index (χ1) is 10.0. The van der Waals surface area contributed by atoms with Crippen LogP contribution in [0.2, 0.25) is 0 Å². The lowest BCUT2D eigenvalue weighted by molar-refractivity contribution is -0.143. The molecule has 0 saturated carbocycles. The number of esters is 1. The molecule has 1 aromatic rings. The first-order valence-electron chi connectivity index (χ1n) is 6.87. The standard InChI is InChI=1S/C14H21Br2N3O2/c1-4-19(5-2)7-6-17-13(14(20)21-3)12-11(16)8-10(15)9-18-12/h8-9,13,17H,4-7H2,1-3H3. The van der Waals surface area contributed by atoms with Crippen molar-refractivity contribution in [2.24, 2.45) is 0 Å². The molecule has 1 atom stereocenters. The molecule has 0 radical (unpaired) electrons. The number of likely N-dealkylation sites (N-methyl/N-ethyl adjacent to an activating group) is 1. The number of pyridine rings is 1. The van der Waals surface area contributed by atoms with Crippen molar-refractivity contribution >= 4 is 37.8 Å². The van der Waals surface area contributed by atoms with Gasteiger partial charge in [0.25, 0.3) is 0 Å². The van der Waals surface area contributed by atoms with Gasteiger partial charge in [0.15, 0.2) is 0 Å². The summed E-state index contributed by atoms with van der Waals surface area (Å²) >= 11 is 6.80. The maximum atomic E-state index is 12.0. The Bertz CT molecular complexity index is 468. The minimum atomic E-state index is -0.576. The van der Waals surface area contributed by atoms with E-state index in [1.165, 1.54) is 7.11 Å². The van der Waals surface area contributed by atoms with Crippen LogP contribution >= 0.6 is 31.9 Å². The fraction of sp³-hybridized carbons (Fsp3) is 0.571. The molecule has 1 unspecified atom stereocenters. The molecule has 0 aliphatic carbocycles. The largest absolute Gasteiger partial charge is 0.468 e. The predicted octanol–water partition coefficient (Wildman–Crippen LogP) is 2.75. The van der Waals surface area contributed by atoms with Crippen molar-refractivity contribution in [1.82, 2.24) is 15.2 Å². The summed E-state index contributed by atoms with van der Waals surface area (Å²) in [6.07, 6.45) is 1.67. The highest BCUT2D eigenvalue weighted by atomic mass is 79.9. The molecule has 21 heavy (non-hydrogen) atoms. The highest BCUT2D eigenvalue weighted by molar-refractivity contribution is 9.11. The van der Waals surface area contributed by atoms with Gasteiger partial charge in [0, 0.05) is 28.2 Å². The Labute approximate surface area is 142 Å². The van der Waals surface area contributed by atoms with Gasteiger partial charge in [-0.25, -0.2) is 4.79 Å². The molecular formula is C14H21Br2N3O2. The Hall–Kier alpha value is -0.500. The van der Waals surface area contributed by atoms with E-state index in [1.807, 2.05) is 6.07 Å². The van der Waals surface area contributed by atoms with Gasteiger partial charge in [0.1, 0.15) is 6.04 Å². The number of rotatable bonds is 8. The van der Waals surface area contributed by atoms with E-state index < -0.39 is 6.04 Å². The van der Waals surface area contributed by atoms with E-state index in [2.05, 4.69) is 60.9 Å². The van der Waals surface area contributed by atoms with E-state index in [9.17, 15) is 4.79 Å². The third-order valence-electron chi connectivity index (χ3n) is 3.22. The van der Waals surface area contributed by atoms with Crippen LogP contribution in [0.4, 0.5) is 0 Å². The first kappa shape index (κ1) is 18.5. The Morgan fingerprint density at radius 1 is 1.43 bits per heavy atom. The van der Waals surface area contributed by atoms with Crippen LogP contribution in [0.1, 0.15) is 25.6 Å². The average Bonchev–Trinajstić information content (AvgIpc) is 2.48. The quantitative estimate of drug-likeness (QED) is 0.652. The van der Waals surface area contributed by atoms with Gasteiger partial charge in [-0.15, -0.1) is 0 Å². The number of carbonyl (C=O) groups excluding carboxylic acids is 1. The number of hydrogen-bond acceptors (Lipinski definition) is 5. The fourth-order valence-corrected chi connectivity index (χ4v) is 3.17. The van der Waals surface area contributed by atoms with Crippen LogP contribution in [0.5, 0.6) is 0 Å². The monoisotopic (exact) mass is 421 g/mol. The van der Waals surface area contributed by atoms with Crippen molar-refractivity contribution in [2.75, 3.05) is 33.3 Å². The summed E-state index contributed by atoms with van der Waals surface area (Å²) in [5.41, 5.74) is 0.629. The van der Waals surface area contributed by atoms with E-state index >= 15 is 0 Å². The van der Waals surface area contributed by atoms with Crippen molar-refractivity contribution in [3.05, 3.63) is 26.9 Å². The van der Waals surface area contributed by atoms with E-state index in [0.717, 1.165) is 28.6 Å². The molecule has 1 rings (SSSR count). The number of halogens is 2. The minimum absolute atomic E-state index is 0.343. The van der Waals surface area contributed by atoms with E-state index in [4.69, 9.17) is 4.74 Å². The van der Waals surface area contributed by atoms with Crippen LogP contribution in [0.25, 0.3) is 0 Å². The van der Waals surface area contributed by atoms with Crippen molar-refractivity contribution in [3.8, 4) is 0 Å². The molecule has 118 valence electrons. The van der Waals surface area contributed by atoms with Crippen molar-refractivity contribution in [2.45, 2.75) is 19.9 Å². The molecule has 1 N–H and O–H groups in total. The molecule has 0 aromatic carbocycles. The van der Waals surface area contributed by atoms with E-state index in [1.54, 1.807) is 6.20 Å². The molecule has 0 spiro atoms. The molecule has 0 fully saturated rings. The highest BCUT2D eigenvalue weighted by Crippen LogP contribution is 2.25. The van der Waals surface area contributed by atoms with Crippen LogP contribution in [-0.2, 0) is 9.53 Å². The van der Waals surface area contributed by atoms with Crippen LogP contribution in [0.3, 0.4) is 0 Å². The van der Waals surface area contributed by atoms with Crippen molar-refractivity contribution < 1.29 is 9.53 Å². The third kappa shape index (κ3) is 5.65. The summed E-state index contributed by atoms with van der Waals surface area (Å²) in [7, 11) is 1.38. The van der Waals surface area contributed by atoms with Crippen LogP contribution in [0.15, 0.2) is 21.2 Å². The summed E-state index contributed by atoms with van der Waals surface area (Å²) < 4.78 is 6.49. The number of nitrogens with one attached hydrogen (secondary N) is 1. The van der Waals surface area contributed by atoms with E-state index in [-0.39, 0.29) is 5.97 Å². The summed E-state index contributed by atoms with van der Waals surface area (Å²) in [4.78, 5) is 18.6. The highest BCUT2D eigenvalue weighted by Gasteiger charge is 2.24. The lowest BCUT2D eigenvalue weighted by Gasteiger charge is -2.21. The zero-order valence-corrected chi connectivity index (χ0v) is 15.7. The number of carbonyl (C=O) groups is 1. The number of methoxy groups -OCH3 is 1. The number of ether oxygens (including phenoxy) is 1. The normalized spacial score (nSPS) is 12.5. The van der Waals surface area contributed by atoms with Crippen LogP contribution < -0.4 is 5.32 Å². The Morgan fingerprint density at radius 3 is 2.62 bits per heavy atom. The molecule has 1 heterocycles. The van der Waals surface area contributed by atoms with Gasteiger partial charge in [-0.05, 0) is 51.0 Å². The molecule has 0 aliphatic heterocycles. The lowest BCUT2D eigenvalue weighted by atomic mass is 10.2. The summed E-state index contributed by atoms with van der Waals surface area (Å²) in [5, 5.41) is 3.22. The Balaban J connectivity index is 2.79. The maximum Gasteiger partial charge on any atom is 0.329 e. The number of nitrogens with zero attached hydrogens (tertiary/aromatic N) is 2. The zero-order chi connectivity index (χ0) is 15.8. The molecule has 1 aromatic heterocycles. The van der Waals surface area contributed by atoms with Crippen LogP contribution in [-0.4, -0.2) is 49.1 Å². The predicted molar refractivity (Wildman–Crippen MR) is 90.2 cm³/mol. The summed E-state index contributed by atoms with van der Waals surface area (Å²) in [6, 6.07) is 1.29. The Morgan fingerprint density at radius 2 is 2.10 bits per heavy atom. The third-order valence-corrected chi connectivity index (χ3v) is 4.29. The van der Waals surface area contributed by atoms with Crippen molar-refractivity contribution in [1.29, 1.82) is 0 Å². The van der Waals surface area contributed by atoms with Gasteiger partial charge in [0.05, 0.1) is 12.8 Å². The SMILES string of the molecule is CCN(CC)CCNC(C(=O)OC)c1ncc(Br)cc1Br. The maximum absolute atomic E-state index is 12.0. The van der Waals surface area contributed by atoms with Gasteiger partial charge in [-0.2, -0.15) is 0 Å². The summed E-state index contributed by atoms with van der Waals surface area (Å²) in [6.45, 7) is 7.77. The van der Waals surface area contributed by atoms with Crippen LogP contribution in [0, 0.1) is 0 Å². The molecule has 7 heteroatoms. The molecular weight excluding hydrogens is 402 g/mol. The zero-order valence-electron chi connectivity index (χ0n) is 12.5. The number of aromatic nitrogens is 1. The smallest absolute Gasteiger partial charge is 0.329 e. The van der Waals surface area contributed by atoms with Crippen molar-refractivity contribution in [3.63, 3.8) is 0 Å². The second kappa shape index (κ2) is 9.50. The molecule has 0 saturated heterocycles. The second-order valence-corrected chi connectivity index (χ2v) is 6.23. The topological polar surface area (TPSA) is 54.5 Å². The Kier molecular flexibility index (Phi) is 8.39. The van der Waals surface area contributed by atoms with E-state index in [0.29, 0.717) is 12.2 Å². The van der Waals surface area contributed by atoms with Gasteiger partial charge < -0.3 is 9.64 Å². The van der Waals surface area contributed by atoms with Gasteiger partial charge in [0.2, 0.25) is 0 Å². The van der Waals surface area contributed by atoms with Gasteiger partial charge >= 0.3 is 5.97 Å². The minimum Gasteiger partial charge on any atom is -0.468 e. The molecule has 0 bridgehead atoms. The molecule has 5 nitrogen and oxygen atoms in total.